The smallest absolute Gasteiger partial charge is 0.143 e. The number of aromatic nitrogens is 6. The van der Waals surface area contributed by atoms with E-state index < -0.39 is 0 Å². The lowest BCUT2D eigenvalue weighted by atomic mass is 10.1. The molecule has 2 N–H and O–H groups in total. The molecular formula is C12H13N7. The molecule has 0 amide bonds. The number of benzene rings is 1. The molecule has 0 atom stereocenters. The Morgan fingerprint density at radius 3 is 3.11 bits per heavy atom. The van der Waals surface area contributed by atoms with Crippen LogP contribution in [0, 0.1) is 0 Å². The molecule has 19 heavy (non-hydrogen) atoms. The van der Waals surface area contributed by atoms with E-state index in [9.17, 15) is 0 Å². The Hall–Kier alpha value is -2.54. The van der Waals surface area contributed by atoms with E-state index in [1.807, 2.05) is 37.5 Å². The molecule has 0 bridgehead atoms. The van der Waals surface area contributed by atoms with Gasteiger partial charge in [0.15, 0.2) is 0 Å². The fraction of sp³-hybridized carbons (Fsp3) is 0.167. The molecule has 3 aromatic rings. The lowest BCUT2D eigenvalue weighted by molar-refractivity contribution is 0.789. The zero-order valence-corrected chi connectivity index (χ0v) is 10.4. The predicted octanol–water partition coefficient (Wildman–Crippen LogP) is 0.772. The maximum Gasteiger partial charge on any atom is 0.143 e. The lowest BCUT2D eigenvalue weighted by Crippen LogP contribution is -2.05. The molecule has 0 unspecified atom stereocenters. The minimum absolute atomic E-state index is 0.765. The highest BCUT2D eigenvalue weighted by Gasteiger charge is 2.08. The van der Waals surface area contributed by atoms with Crippen molar-refractivity contribution in [1.29, 1.82) is 0 Å². The van der Waals surface area contributed by atoms with E-state index in [1.54, 1.807) is 11.0 Å². The predicted molar refractivity (Wildman–Crippen MR) is 69.5 cm³/mol. The first-order valence-corrected chi connectivity index (χ1v) is 5.89. The molecule has 0 saturated heterocycles. The van der Waals surface area contributed by atoms with Gasteiger partial charge in [0.1, 0.15) is 6.33 Å². The number of H-pyrrole nitrogens is 1. The van der Waals surface area contributed by atoms with E-state index in [4.69, 9.17) is 0 Å². The molecule has 0 radical (unpaired) electrons. The topological polar surface area (TPSA) is 84.3 Å². The SMILES string of the molecule is CNCc1cn[nH]c1-c1cccc(-n2cnnn2)c1. The highest BCUT2D eigenvalue weighted by molar-refractivity contribution is 5.65. The van der Waals surface area contributed by atoms with Gasteiger partial charge < -0.3 is 5.32 Å². The molecule has 0 aliphatic heterocycles. The molecule has 0 fully saturated rings. The Morgan fingerprint density at radius 2 is 2.32 bits per heavy atom. The number of rotatable bonds is 4. The summed E-state index contributed by atoms with van der Waals surface area (Å²) in [5, 5.41) is 21.4. The van der Waals surface area contributed by atoms with Gasteiger partial charge in [-0.25, -0.2) is 4.68 Å². The van der Waals surface area contributed by atoms with E-state index in [-0.39, 0.29) is 0 Å². The van der Waals surface area contributed by atoms with Crippen LogP contribution in [0.15, 0.2) is 36.8 Å². The number of hydrogen-bond acceptors (Lipinski definition) is 5. The molecule has 0 aliphatic rings. The Labute approximate surface area is 109 Å². The third-order valence-electron chi connectivity index (χ3n) is 2.83. The summed E-state index contributed by atoms with van der Waals surface area (Å²) in [6, 6.07) is 7.97. The van der Waals surface area contributed by atoms with Gasteiger partial charge in [0.25, 0.3) is 0 Å². The second-order valence-corrected chi connectivity index (χ2v) is 4.11. The van der Waals surface area contributed by atoms with Gasteiger partial charge >= 0.3 is 0 Å². The fourth-order valence-electron chi connectivity index (χ4n) is 1.97. The third-order valence-corrected chi connectivity index (χ3v) is 2.83. The van der Waals surface area contributed by atoms with E-state index in [0.717, 1.165) is 29.1 Å². The summed E-state index contributed by atoms with van der Waals surface area (Å²) in [4.78, 5) is 0. The Morgan fingerprint density at radius 1 is 1.37 bits per heavy atom. The van der Waals surface area contributed by atoms with Crippen LogP contribution in [0.5, 0.6) is 0 Å². The second kappa shape index (κ2) is 4.99. The molecule has 2 aromatic heterocycles. The van der Waals surface area contributed by atoms with Crippen LogP contribution < -0.4 is 5.32 Å². The first-order valence-electron chi connectivity index (χ1n) is 5.89. The summed E-state index contributed by atoms with van der Waals surface area (Å²) in [5.41, 5.74) is 4.09. The van der Waals surface area contributed by atoms with Gasteiger partial charge in [0.2, 0.25) is 0 Å². The Bertz CT molecular complexity index is 656. The molecular weight excluding hydrogens is 242 g/mol. The van der Waals surface area contributed by atoms with Crippen LogP contribution in [0.4, 0.5) is 0 Å². The van der Waals surface area contributed by atoms with Crippen molar-refractivity contribution in [1.82, 2.24) is 35.7 Å². The van der Waals surface area contributed by atoms with Crippen molar-refractivity contribution >= 4 is 0 Å². The zero-order valence-electron chi connectivity index (χ0n) is 10.4. The monoisotopic (exact) mass is 255 g/mol. The Balaban J connectivity index is 2.01. The van der Waals surface area contributed by atoms with Crippen molar-refractivity contribution in [2.75, 3.05) is 7.05 Å². The summed E-state index contributed by atoms with van der Waals surface area (Å²) in [5.74, 6) is 0. The van der Waals surface area contributed by atoms with E-state index >= 15 is 0 Å². The van der Waals surface area contributed by atoms with Crippen LogP contribution in [0.2, 0.25) is 0 Å². The van der Waals surface area contributed by atoms with Crippen molar-refractivity contribution in [3.8, 4) is 16.9 Å². The largest absolute Gasteiger partial charge is 0.316 e. The van der Waals surface area contributed by atoms with Crippen LogP contribution in [-0.4, -0.2) is 37.5 Å². The van der Waals surface area contributed by atoms with Crippen molar-refractivity contribution in [2.24, 2.45) is 0 Å². The number of nitrogens with zero attached hydrogens (tertiary/aromatic N) is 5. The maximum atomic E-state index is 4.10. The normalized spacial score (nSPS) is 10.8. The van der Waals surface area contributed by atoms with Gasteiger partial charge in [-0.05, 0) is 29.6 Å². The van der Waals surface area contributed by atoms with Crippen LogP contribution in [0.1, 0.15) is 5.56 Å². The first-order chi connectivity index (χ1) is 9.38. The molecule has 0 saturated carbocycles. The average molecular weight is 255 g/mol. The highest BCUT2D eigenvalue weighted by atomic mass is 15.5. The second-order valence-electron chi connectivity index (χ2n) is 4.11. The standard InChI is InChI=1S/C12H13N7/c1-13-6-10-7-14-16-12(10)9-3-2-4-11(5-9)19-8-15-17-18-19/h2-5,7-8,13H,6H2,1H3,(H,14,16). The minimum atomic E-state index is 0.765. The minimum Gasteiger partial charge on any atom is -0.316 e. The summed E-state index contributed by atoms with van der Waals surface area (Å²) in [6.07, 6.45) is 3.40. The van der Waals surface area contributed by atoms with Crippen molar-refractivity contribution in [2.45, 2.75) is 6.54 Å². The molecule has 2 heterocycles. The number of hydrogen-bond donors (Lipinski definition) is 2. The molecule has 7 heteroatoms. The summed E-state index contributed by atoms with van der Waals surface area (Å²) >= 11 is 0. The zero-order chi connectivity index (χ0) is 13.1. The number of nitrogens with one attached hydrogen (secondary N) is 2. The average Bonchev–Trinajstić information content (AvgIpc) is 3.10. The molecule has 0 spiro atoms. The highest BCUT2D eigenvalue weighted by Crippen LogP contribution is 2.23. The molecule has 3 rings (SSSR count). The van der Waals surface area contributed by atoms with E-state index in [0.29, 0.717) is 0 Å². The van der Waals surface area contributed by atoms with Gasteiger partial charge in [-0.3, -0.25) is 5.10 Å². The number of tetrazole rings is 1. The summed E-state index contributed by atoms with van der Waals surface area (Å²) in [6.45, 7) is 0.765. The quantitative estimate of drug-likeness (QED) is 0.719. The Kier molecular flexibility index (Phi) is 3.03. The van der Waals surface area contributed by atoms with Crippen molar-refractivity contribution < 1.29 is 0 Å². The molecule has 1 aromatic carbocycles. The summed E-state index contributed by atoms with van der Waals surface area (Å²) in [7, 11) is 1.91. The van der Waals surface area contributed by atoms with Crippen LogP contribution in [-0.2, 0) is 6.54 Å². The van der Waals surface area contributed by atoms with Crippen LogP contribution >= 0.6 is 0 Å². The lowest BCUT2D eigenvalue weighted by Gasteiger charge is -2.05. The van der Waals surface area contributed by atoms with Gasteiger partial charge in [-0.1, -0.05) is 12.1 Å². The van der Waals surface area contributed by atoms with Crippen molar-refractivity contribution in [3.63, 3.8) is 0 Å². The fourth-order valence-corrected chi connectivity index (χ4v) is 1.97. The first kappa shape index (κ1) is 11.5. The number of aromatic amines is 1. The maximum absolute atomic E-state index is 4.10. The van der Waals surface area contributed by atoms with Gasteiger partial charge in [-0.2, -0.15) is 5.10 Å². The van der Waals surface area contributed by atoms with Crippen LogP contribution in [0.25, 0.3) is 16.9 Å². The summed E-state index contributed by atoms with van der Waals surface area (Å²) < 4.78 is 1.62. The van der Waals surface area contributed by atoms with Gasteiger partial charge in [0, 0.05) is 17.7 Å². The van der Waals surface area contributed by atoms with Gasteiger partial charge in [0.05, 0.1) is 17.6 Å². The molecule has 7 nitrogen and oxygen atoms in total. The third kappa shape index (κ3) is 2.23. The van der Waals surface area contributed by atoms with Crippen LogP contribution in [0.3, 0.4) is 0 Å². The van der Waals surface area contributed by atoms with Gasteiger partial charge in [-0.15, -0.1) is 5.10 Å². The van der Waals surface area contributed by atoms with E-state index in [2.05, 4.69) is 31.0 Å². The molecule has 0 aliphatic carbocycles. The van der Waals surface area contributed by atoms with E-state index in [1.165, 1.54) is 0 Å². The molecule has 96 valence electrons. The van der Waals surface area contributed by atoms with Crippen molar-refractivity contribution in [3.05, 3.63) is 42.4 Å².